The Labute approximate surface area is 97.4 Å². The molecule has 1 aromatic rings. The third-order valence-electron chi connectivity index (χ3n) is 2.42. The predicted octanol–water partition coefficient (Wildman–Crippen LogP) is 2.70. The monoisotopic (exact) mass is 217 g/mol. The van der Waals surface area contributed by atoms with Crippen LogP contribution in [-0.2, 0) is 11.2 Å². The third kappa shape index (κ3) is 4.78. The number of aryl methyl sites for hydroxylation is 1. The molecule has 1 amide bonds. The first kappa shape index (κ1) is 12.5. The van der Waals surface area contributed by atoms with Gasteiger partial charge in [0, 0.05) is 6.04 Å². The van der Waals surface area contributed by atoms with Crippen molar-refractivity contribution >= 4 is 5.91 Å². The Morgan fingerprint density at radius 3 is 2.69 bits per heavy atom. The first-order valence-corrected chi connectivity index (χ1v) is 5.69. The minimum atomic E-state index is -0.0111. The van der Waals surface area contributed by atoms with Gasteiger partial charge < -0.3 is 5.32 Å². The molecule has 0 aliphatic carbocycles. The molecule has 2 heteroatoms. The molecular weight excluding hydrogens is 198 g/mol. The quantitative estimate of drug-likeness (QED) is 0.755. The van der Waals surface area contributed by atoms with E-state index in [1.807, 2.05) is 32.0 Å². The molecule has 0 spiro atoms. The Morgan fingerprint density at radius 2 is 2.06 bits per heavy atom. The van der Waals surface area contributed by atoms with E-state index < -0.39 is 0 Å². The summed E-state index contributed by atoms with van der Waals surface area (Å²) >= 11 is 0. The summed E-state index contributed by atoms with van der Waals surface area (Å²) in [6.45, 7) is 3.87. The molecule has 1 aromatic carbocycles. The van der Waals surface area contributed by atoms with Gasteiger partial charge in [-0.1, -0.05) is 36.4 Å². The smallest absolute Gasteiger partial charge is 0.243 e. The number of carbonyl (C=O) groups is 1. The molecule has 0 saturated heterocycles. The SMILES string of the molecule is CC=CC(=O)NC(C)CCc1ccccc1. The molecule has 0 saturated carbocycles. The van der Waals surface area contributed by atoms with Crippen molar-refractivity contribution in [3.63, 3.8) is 0 Å². The van der Waals surface area contributed by atoms with Crippen molar-refractivity contribution in [2.24, 2.45) is 0 Å². The van der Waals surface area contributed by atoms with E-state index in [4.69, 9.17) is 0 Å². The Kier molecular flexibility index (Phi) is 5.34. The van der Waals surface area contributed by atoms with Gasteiger partial charge in [-0.05, 0) is 38.3 Å². The lowest BCUT2D eigenvalue weighted by atomic mass is 10.1. The van der Waals surface area contributed by atoms with Crippen LogP contribution in [0.25, 0.3) is 0 Å². The third-order valence-corrected chi connectivity index (χ3v) is 2.42. The van der Waals surface area contributed by atoms with E-state index in [0.29, 0.717) is 0 Å². The molecule has 0 bridgehead atoms. The number of hydrogen-bond donors (Lipinski definition) is 1. The lowest BCUT2D eigenvalue weighted by molar-refractivity contribution is -0.117. The summed E-state index contributed by atoms with van der Waals surface area (Å²) in [6, 6.07) is 10.5. The van der Waals surface area contributed by atoms with Gasteiger partial charge >= 0.3 is 0 Å². The zero-order valence-electron chi connectivity index (χ0n) is 9.94. The molecule has 0 aliphatic rings. The highest BCUT2D eigenvalue weighted by atomic mass is 16.1. The standard InChI is InChI=1S/C14H19NO/c1-3-7-14(16)15-12(2)10-11-13-8-5-4-6-9-13/h3-9,12H,10-11H2,1-2H3,(H,15,16). The highest BCUT2D eigenvalue weighted by Crippen LogP contribution is 2.04. The number of benzene rings is 1. The summed E-state index contributed by atoms with van der Waals surface area (Å²) in [6.07, 6.45) is 5.27. The van der Waals surface area contributed by atoms with E-state index in [0.717, 1.165) is 12.8 Å². The molecule has 2 nitrogen and oxygen atoms in total. The number of nitrogens with one attached hydrogen (secondary N) is 1. The van der Waals surface area contributed by atoms with Crippen molar-refractivity contribution in [3.05, 3.63) is 48.0 Å². The number of allylic oxidation sites excluding steroid dienone is 1. The molecule has 1 rings (SSSR count). The zero-order chi connectivity index (χ0) is 11.8. The first-order chi connectivity index (χ1) is 7.72. The van der Waals surface area contributed by atoms with Crippen molar-refractivity contribution in [2.75, 3.05) is 0 Å². The number of amides is 1. The second kappa shape index (κ2) is 6.83. The summed E-state index contributed by atoms with van der Waals surface area (Å²) in [5, 5.41) is 2.93. The van der Waals surface area contributed by atoms with Gasteiger partial charge in [0.25, 0.3) is 0 Å². The van der Waals surface area contributed by atoms with Crippen LogP contribution in [0.3, 0.4) is 0 Å². The van der Waals surface area contributed by atoms with Crippen LogP contribution in [0.1, 0.15) is 25.8 Å². The maximum atomic E-state index is 11.3. The zero-order valence-corrected chi connectivity index (χ0v) is 9.94. The second-order valence-corrected chi connectivity index (χ2v) is 3.93. The predicted molar refractivity (Wildman–Crippen MR) is 67.2 cm³/mol. The van der Waals surface area contributed by atoms with Gasteiger partial charge in [0.1, 0.15) is 0 Å². The molecule has 86 valence electrons. The first-order valence-electron chi connectivity index (χ1n) is 5.69. The van der Waals surface area contributed by atoms with Gasteiger partial charge in [-0.25, -0.2) is 0 Å². The summed E-state index contributed by atoms with van der Waals surface area (Å²) in [4.78, 5) is 11.3. The Bertz CT molecular complexity index is 343. The lowest BCUT2D eigenvalue weighted by Crippen LogP contribution is -2.31. The highest BCUT2D eigenvalue weighted by Gasteiger charge is 2.04. The van der Waals surface area contributed by atoms with Gasteiger partial charge in [0.2, 0.25) is 5.91 Å². The number of carbonyl (C=O) groups excluding carboxylic acids is 1. The van der Waals surface area contributed by atoms with Crippen molar-refractivity contribution in [1.82, 2.24) is 5.32 Å². The molecule has 1 unspecified atom stereocenters. The Hall–Kier alpha value is -1.57. The fraction of sp³-hybridized carbons (Fsp3) is 0.357. The van der Waals surface area contributed by atoms with Crippen LogP contribution >= 0.6 is 0 Å². The molecule has 0 aromatic heterocycles. The lowest BCUT2D eigenvalue weighted by Gasteiger charge is -2.12. The van der Waals surface area contributed by atoms with Crippen molar-refractivity contribution in [1.29, 1.82) is 0 Å². The van der Waals surface area contributed by atoms with Crippen LogP contribution < -0.4 is 5.32 Å². The molecule has 16 heavy (non-hydrogen) atoms. The van der Waals surface area contributed by atoms with E-state index in [1.54, 1.807) is 12.2 Å². The summed E-state index contributed by atoms with van der Waals surface area (Å²) in [5.41, 5.74) is 1.31. The molecule has 0 radical (unpaired) electrons. The van der Waals surface area contributed by atoms with E-state index in [2.05, 4.69) is 17.4 Å². The highest BCUT2D eigenvalue weighted by molar-refractivity contribution is 5.87. The van der Waals surface area contributed by atoms with E-state index in [-0.39, 0.29) is 11.9 Å². The topological polar surface area (TPSA) is 29.1 Å². The van der Waals surface area contributed by atoms with Gasteiger partial charge in [0.15, 0.2) is 0 Å². The second-order valence-electron chi connectivity index (χ2n) is 3.93. The molecule has 1 atom stereocenters. The Morgan fingerprint density at radius 1 is 1.38 bits per heavy atom. The van der Waals surface area contributed by atoms with Crippen molar-refractivity contribution < 1.29 is 4.79 Å². The van der Waals surface area contributed by atoms with E-state index >= 15 is 0 Å². The van der Waals surface area contributed by atoms with Gasteiger partial charge in [0.05, 0.1) is 0 Å². The van der Waals surface area contributed by atoms with Gasteiger partial charge in [-0.2, -0.15) is 0 Å². The summed E-state index contributed by atoms with van der Waals surface area (Å²) in [7, 11) is 0. The van der Waals surface area contributed by atoms with Crippen LogP contribution in [0.2, 0.25) is 0 Å². The largest absolute Gasteiger partial charge is 0.350 e. The van der Waals surface area contributed by atoms with Crippen molar-refractivity contribution in [3.8, 4) is 0 Å². The van der Waals surface area contributed by atoms with Crippen LogP contribution in [0.15, 0.2) is 42.5 Å². The minimum absolute atomic E-state index is 0.0111. The molecular formula is C14H19NO. The fourth-order valence-corrected chi connectivity index (χ4v) is 1.54. The van der Waals surface area contributed by atoms with E-state index in [1.165, 1.54) is 5.56 Å². The van der Waals surface area contributed by atoms with Crippen molar-refractivity contribution in [2.45, 2.75) is 32.7 Å². The maximum Gasteiger partial charge on any atom is 0.243 e. The summed E-state index contributed by atoms with van der Waals surface area (Å²) in [5.74, 6) is -0.0111. The number of rotatable bonds is 5. The van der Waals surface area contributed by atoms with Crippen LogP contribution in [0.5, 0.6) is 0 Å². The average Bonchev–Trinajstić information content (AvgIpc) is 2.28. The average molecular weight is 217 g/mol. The minimum Gasteiger partial charge on any atom is -0.350 e. The normalized spacial score (nSPS) is 12.6. The number of hydrogen-bond acceptors (Lipinski definition) is 1. The molecule has 1 N–H and O–H groups in total. The summed E-state index contributed by atoms with van der Waals surface area (Å²) < 4.78 is 0. The maximum absolute atomic E-state index is 11.3. The van der Waals surface area contributed by atoms with Crippen LogP contribution in [0, 0.1) is 0 Å². The molecule has 0 aliphatic heterocycles. The molecule has 0 fully saturated rings. The Balaban J connectivity index is 2.30. The van der Waals surface area contributed by atoms with Gasteiger partial charge in [-0.3, -0.25) is 4.79 Å². The van der Waals surface area contributed by atoms with Crippen LogP contribution in [0.4, 0.5) is 0 Å². The molecule has 0 heterocycles. The van der Waals surface area contributed by atoms with E-state index in [9.17, 15) is 4.79 Å². The van der Waals surface area contributed by atoms with Gasteiger partial charge in [-0.15, -0.1) is 0 Å². The fourth-order valence-electron chi connectivity index (χ4n) is 1.54. The van der Waals surface area contributed by atoms with Crippen LogP contribution in [-0.4, -0.2) is 11.9 Å².